The molecule has 0 bridgehead atoms. The third-order valence-electron chi connectivity index (χ3n) is 3.60. The maximum absolute atomic E-state index is 13.5. The Bertz CT molecular complexity index is 605. The summed E-state index contributed by atoms with van der Waals surface area (Å²) in [4.78, 5) is 10.9. The molecule has 2 heterocycles. The Morgan fingerprint density at radius 2 is 2.10 bits per heavy atom. The Morgan fingerprint density at radius 1 is 1.30 bits per heavy atom. The van der Waals surface area contributed by atoms with E-state index in [0.717, 1.165) is 29.9 Å². The Kier molecular flexibility index (Phi) is 3.36. The zero-order chi connectivity index (χ0) is 14.1. The van der Waals surface area contributed by atoms with Gasteiger partial charge in [0.1, 0.15) is 5.82 Å². The van der Waals surface area contributed by atoms with Crippen LogP contribution in [0.2, 0.25) is 0 Å². The predicted molar refractivity (Wildman–Crippen MR) is 77.2 cm³/mol. The van der Waals surface area contributed by atoms with E-state index in [4.69, 9.17) is 0 Å². The van der Waals surface area contributed by atoms with Gasteiger partial charge in [-0.2, -0.15) is 0 Å². The predicted octanol–water partition coefficient (Wildman–Crippen LogP) is 2.00. The molecule has 0 atom stereocenters. The minimum Gasteiger partial charge on any atom is -0.338 e. The molecule has 0 amide bonds. The average Bonchev–Trinajstić information content (AvgIpc) is 2.35. The van der Waals surface area contributed by atoms with Gasteiger partial charge in [-0.1, -0.05) is 0 Å². The second-order valence-corrected chi connectivity index (χ2v) is 5.18. The second kappa shape index (κ2) is 5.17. The molecule has 0 saturated carbocycles. The smallest absolute Gasteiger partial charge is 0.225 e. The van der Waals surface area contributed by atoms with Crippen molar-refractivity contribution in [2.45, 2.75) is 13.0 Å². The number of hydrogen-bond acceptors (Lipinski definition) is 4. The van der Waals surface area contributed by atoms with Crippen molar-refractivity contribution in [1.82, 2.24) is 15.3 Å². The molecule has 1 aliphatic heterocycles. The van der Waals surface area contributed by atoms with Crippen LogP contribution in [0.3, 0.4) is 0 Å². The van der Waals surface area contributed by atoms with Crippen LogP contribution >= 0.6 is 0 Å². The molecule has 4 nitrogen and oxygen atoms in total. The lowest BCUT2D eigenvalue weighted by Crippen LogP contribution is -2.56. The summed E-state index contributed by atoms with van der Waals surface area (Å²) in [5.74, 6) is 0.438. The molecular weight excluding hydrogens is 255 g/mol. The normalized spacial score (nSPS) is 14.9. The number of nitrogens with one attached hydrogen (secondary N) is 1. The lowest BCUT2D eigenvalue weighted by Gasteiger charge is -2.35. The molecule has 104 valence electrons. The van der Waals surface area contributed by atoms with Gasteiger partial charge in [-0.15, -0.1) is 0 Å². The van der Waals surface area contributed by atoms with Crippen molar-refractivity contribution in [3.05, 3.63) is 41.8 Å². The first kappa shape index (κ1) is 13.0. The number of aromatic nitrogens is 2. The number of anilines is 1. The minimum atomic E-state index is -0.239. The number of benzene rings is 1. The van der Waals surface area contributed by atoms with Crippen molar-refractivity contribution in [1.29, 1.82) is 0 Å². The number of rotatable bonds is 3. The summed E-state index contributed by atoms with van der Waals surface area (Å²) in [6.07, 6.45) is 1.72. The summed E-state index contributed by atoms with van der Waals surface area (Å²) in [6, 6.07) is 7.19. The van der Waals surface area contributed by atoms with Gasteiger partial charge >= 0.3 is 0 Å². The summed E-state index contributed by atoms with van der Waals surface area (Å²) >= 11 is 0. The first-order chi connectivity index (χ1) is 9.63. The van der Waals surface area contributed by atoms with Crippen LogP contribution in [0, 0.1) is 12.7 Å². The molecule has 2 aromatic rings. The van der Waals surface area contributed by atoms with Crippen LogP contribution in [-0.4, -0.2) is 36.1 Å². The lowest BCUT2D eigenvalue weighted by molar-refractivity contribution is 0.424. The summed E-state index contributed by atoms with van der Waals surface area (Å²) in [7, 11) is 1.99. The monoisotopic (exact) mass is 272 g/mol. The molecule has 0 aliphatic carbocycles. The van der Waals surface area contributed by atoms with Crippen LogP contribution < -0.4 is 10.2 Å². The fourth-order valence-corrected chi connectivity index (χ4v) is 2.27. The van der Waals surface area contributed by atoms with E-state index in [-0.39, 0.29) is 5.82 Å². The van der Waals surface area contributed by atoms with E-state index in [1.54, 1.807) is 6.20 Å². The molecule has 0 radical (unpaired) electrons. The van der Waals surface area contributed by atoms with Crippen molar-refractivity contribution in [2.75, 3.05) is 25.0 Å². The number of hydrogen-bond donors (Lipinski definition) is 1. The molecule has 1 fully saturated rings. The number of likely N-dealkylation sites (N-methyl/N-ethyl adjacent to an activating group) is 1. The van der Waals surface area contributed by atoms with Gasteiger partial charge in [0, 0.05) is 31.9 Å². The Labute approximate surface area is 117 Å². The zero-order valence-corrected chi connectivity index (χ0v) is 11.6. The first-order valence-electron chi connectivity index (χ1n) is 6.67. The molecule has 1 saturated heterocycles. The molecule has 0 unspecified atom stereocenters. The van der Waals surface area contributed by atoms with Crippen LogP contribution in [0.15, 0.2) is 30.5 Å². The summed E-state index contributed by atoms with van der Waals surface area (Å²) < 4.78 is 13.5. The van der Waals surface area contributed by atoms with E-state index in [2.05, 4.69) is 20.2 Å². The highest BCUT2D eigenvalue weighted by atomic mass is 19.1. The molecule has 1 aromatic carbocycles. The van der Waals surface area contributed by atoms with E-state index >= 15 is 0 Å². The molecule has 1 aliphatic rings. The van der Waals surface area contributed by atoms with Crippen LogP contribution in [0.5, 0.6) is 0 Å². The molecule has 1 aromatic heterocycles. The first-order valence-corrected chi connectivity index (χ1v) is 6.67. The number of halogens is 1. The average molecular weight is 272 g/mol. The topological polar surface area (TPSA) is 41.1 Å². The van der Waals surface area contributed by atoms with Gasteiger partial charge in [-0.05, 0) is 36.8 Å². The van der Waals surface area contributed by atoms with Crippen molar-refractivity contribution < 1.29 is 4.39 Å². The van der Waals surface area contributed by atoms with Gasteiger partial charge in [0.05, 0.1) is 11.7 Å². The Morgan fingerprint density at radius 3 is 2.75 bits per heavy atom. The van der Waals surface area contributed by atoms with E-state index in [1.807, 2.05) is 26.1 Å². The minimum absolute atomic E-state index is 0.239. The van der Waals surface area contributed by atoms with E-state index in [9.17, 15) is 4.39 Å². The highest BCUT2D eigenvalue weighted by Gasteiger charge is 2.23. The van der Waals surface area contributed by atoms with Gasteiger partial charge in [0.25, 0.3) is 0 Å². The lowest BCUT2D eigenvalue weighted by atomic mass is 10.1. The van der Waals surface area contributed by atoms with E-state index in [0.29, 0.717) is 12.0 Å². The van der Waals surface area contributed by atoms with E-state index in [1.165, 1.54) is 12.1 Å². The van der Waals surface area contributed by atoms with Gasteiger partial charge in [0.15, 0.2) is 0 Å². The maximum atomic E-state index is 13.5. The summed E-state index contributed by atoms with van der Waals surface area (Å²) in [5, 5.41) is 3.23. The third kappa shape index (κ3) is 2.49. The van der Waals surface area contributed by atoms with E-state index < -0.39 is 0 Å². The summed E-state index contributed by atoms with van der Waals surface area (Å²) in [6.45, 7) is 3.77. The largest absolute Gasteiger partial charge is 0.338 e. The molecule has 0 spiro atoms. The highest BCUT2D eigenvalue weighted by molar-refractivity contribution is 5.61. The molecule has 1 N–H and O–H groups in total. The van der Waals surface area contributed by atoms with Crippen molar-refractivity contribution in [3.8, 4) is 11.3 Å². The Balaban J connectivity index is 1.93. The Hall–Kier alpha value is -2.01. The van der Waals surface area contributed by atoms with Crippen molar-refractivity contribution in [3.63, 3.8) is 0 Å². The van der Waals surface area contributed by atoms with Gasteiger partial charge in [0.2, 0.25) is 5.95 Å². The molecule has 5 heteroatoms. The van der Waals surface area contributed by atoms with Gasteiger partial charge in [-0.3, -0.25) is 0 Å². The number of aryl methyl sites for hydroxylation is 1. The van der Waals surface area contributed by atoms with Gasteiger partial charge < -0.3 is 10.2 Å². The SMILES string of the molecule is Cc1cc(F)cc(-c2ccnc(N(C)C3CNC3)n2)c1. The van der Waals surface area contributed by atoms with Crippen LogP contribution in [0.25, 0.3) is 11.3 Å². The zero-order valence-electron chi connectivity index (χ0n) is 11.6. The quantitative estimate of drug-likeness (QED) is 0.928. The standard InChI is InChI=1S/C15H17FN4/c1-10-5-11(7-12(16)6-10)14-3-4-18-15(19-14)20(2)13-8-17-9-13/h3-7,13,17H,8-9H2,1-2H3. The third-order valence-corrected chi connectivity index (χ3v) is 3.60. The van der Waals surface area contributed by atoms with Crippen LogP contribution in [-0.2, 0) is 0 Å². The van der Waals surface area contributed by atoms with Crippen LogP contribution in [0.4, 0.5) is 10.3 Å². The molecule has 3 rings (SSSR count). The van der Waals surface area contributed by atoms with Crippen molar-refractivity contribution >= 4 is 5.95 Å². The molecule has 20 heavy (non-hydrogen) atoms. The fraction of sp³-hybridized carbons (Fsp3) is 0.333. The molecular formula is C15H17FN4. The highest BCUT2D eigenvalue weighted by Crippen LogP contribution is 2.22. The maximum Gasteiger partial charge on any atom is 0.225 e. The fourth-order valence-electron chi connectivity index (χ4n) is 2.27. The number of nitrogens with zero attached hydrogens (tertiary/aromatic N) is 3. The van der Waals surface area contributed by atoms with Crippen LogP contribution in [0.1, 0.15) is 5.56 Å². The summed E-state index contributed by atoms with van der Waals surface area (Å²) in [5.41, 5.74) is 2.42. The second-order valence-electron chi connectivity index (χ2n) is 5.18. The van der Waals surface area contributed by atoms with Gasteiger partial charge in [-0.25, -0.2) is 14.4 Å². The van der Waals surface area contributed by atoms with Crippen molar-refractivity contribution in [2.24, 2.45) is 0 Å².